The number of amides is 3. The van der Waals surface area contributed by atoms with Crippen LogP contribution in [0.2, 0.25) is 0 Å². The molecule has 9 heteroatoms. The van der Waals surface area contributed by atoms with Gasteiger partial charge in [0.2, 0.25) is 11.8 Å². The first-order valence-electron chi connectivity index (χ1n) is 14.3. The van der Waals surface area contributed by atoms with Crippen molar-refractivity contribution < 1.29 is 28.7 Å². The Morgan fingerprint density at radius 3 is 2.18 bits per heavy atom. The van der Waals surface area contributed by atoms with Crippen molar-refractivity contribution >= 4 is 23.9 Å². The minimum atomic E-state index is -0.914. The molecule has 1 aromatic carbocycles. The molecule has 0 aliphatic heterocycles. The fourth-order valence-electron chi connectivity index (χ4n) is 4.45. The number of hydrogen-bond donors (Lipinski definition) is 2. The lowest BCUT2D eigenvalue weighted by molar-refractivity contribution is -0.149. The predicted molar refractivity (Wildman–Crippen MR) is 150 cm³/mol. The summed E-state index contributed by atoms with van der Waals surface area (Å²) >= 11 is 0. The molecule has 0 saturated heterocycles. The molecule has 3 unspecified atom stereocenters. The average Bonchev–Trinajstić information content (AvgIpc) is 2.84. The number of esters is 1. The molecular weight excluding hydrogens is 498 g/mol. The number of ether oxygens (including phenoxy) is 2. The van der Waals surface area contributed by atoms with Gasteiger partial charge in [-0.1, -0.05) is 51.5 Å². The Kier molecular flexibility index (Phi) is 12.3. The van der Waals surface area contributed by atoms with Crippen LogP contribution in [-0.4, -0.2) is 59.6 Å². The summed E-state index contributed by atoms with van der Waals surface area (Å²) in [7, 11) is 0. The lowest BCUT2D eigenvalue weighted by Gasteiger charge is -2.44. The van der Waals surface area contributed by atoms with Crippen LogP contribution in [-0.2, 0) is 30.3 Å². The zero-order chi connectivity index (χ0) is 29.2. The Morgan fingerprint density at radius 1 is 1.05 bits per heavy atom. The molecule has 1 aromatic rings. The first-order chi connectivity index (χ1) is 18.4. The fraction of sp³-hybridized carbons (Fsp3) is 0.667. The standard InChI is InChI=1S/C30H47N3O6/c1-8-20(4)25(32-29(37)39-30(5,6)7)28(36)33(23-12-11-13-23)26(22-16-14-21(9-2)15-17-22)27(35)31-19-18-24(34)38-10-3/h14-17,20,23,25-26H,8-13,18-19H2,1-7H3,(H,31,35)(H,32,37). The number of rotatable bonds is 13. The maximum atomic E-state index is 14.3. The van der Waals surface area contributed by atoms with Crippen LogP contribution in [0.5, 0.6) is 0 Å². The van der Waals surface area contributed by atoms with Crippen molar-refractivity contribution in [3.63, 3.8) is 0 Å². The molecule has 0 radical (unpaired) electrons. The van der Waals surface area contributed by atoms with Crippen LogP contribution in [0.15, 0.2) is 24.3 Å². The normalized spacial score (nSPS) is 15.8. The smallest absolute Gasteiger partial charge is 0.408 e. The van der Waals surface area contributed by atoms with E-state index in [9.17, 15) is 19.2 Å². The summed E-state index contributed by atoms with van der Waals surface area (Å²) in [5.74, 6) is -1.27. The van der Waals surface area contributed by atoms with E-state index in [4.69, 9.17) is 9.47 Å². The van der Waals surface area contributed by atoms with Gasteiger partial charge >= 0.3 is 12.1 Å². The number of alkyl carbamates (subject to hydrolysis) is 1. The molecular formula is C30H47N3O6. The van der Waals surface area contributed by atoms with Gasteiger partial charge in [0, 0.05) is 12.6 Å². The first-order valence-corrected chi connectivity index (χ1v) is 14.3. The van der Waals surface area contributed by atoms with E-state index in [-0.39, 0.29) is 43.3 Å². The van der Waals surface area contributed by atoms with Gasteiger partial charge in [0.1, 0.15) is 17.7 Å². The molecule has 9 nitrogen and oxygen atoms in total. The van der Waals surface area contributed by atoms with E-state index in [1.807, 2.05) is 38.1 Å². The molecule has 3 amide bonds. The topological polar surface area (TPSA) is 114 Å². The van der Waals surface area contributed by atoms with Gasteiger partial charge in [-0.05, 0) is 70.4 Å². The highest BCUT2D eigenvalue weighted by Crippen LogP contribution is 2.34. The molecule has 1 aliphatic carbocycles. The molecule has 1 aliphatic rings. The highest BCUT2D eigenvalue weighted by molar-refractivity contribution is 5.92. The zero-order valence-corrected chi connectivity index (χ0v) is 24.7. The van der Waals surface area contributed by atoms with Gasteiger partial charge in [-0.15, -0.1) is 0 Å². The summed E-state index contributed by atoms with van der Waals surface area (Å²) in [6.07, 6.45) is 3.35. The van der Waals surface area contributed by atoms with Crippen molar-refractivity contribution in [3.05, 3.63) is 35.4 Å². The monoisotopic (exact) mass is 545 g/mol. The molecule has 0 bridgehead atoms. The number of hydrogen-bond acceptors (Lipinski definition) is 6. The van der Waals surface area contributed by atoms with E-state index in [0.29, 0.717) is 12.0 Å². The van der Waals surface area contributed by atoms with Crippen molar-refractivity contribution in [3.8, 4) is 0 Å². The highest BCUT2D eigenvalue weighted by atomic mass is 16.6. The summed E-state index contributed by atoms with van der Waals surface area (Å²) in [6, 6.07) is 5.76. The quantitative estimate of drug-likeness (QED) is 0.348. The van der Waals surface area contributed by atoms with E-state index in [0.717, 1.165) is 31.2 Å². The van der Waals surface area contributed by atoms with Crippen LogP contribution in [0.25, 0.3) is 0 Å². The van der Waals surface area contributed by atoms with E-state index in [1.165, 1.54) is 0 Å². The molecule has 218 valence electrons. The number of nitrogens with one attached hydrogen (secondary N) is 2. The minimum Gasteiger partial charge on any atom is -0.466 e. The van der Waals surface area contributed by atoms with Crippen molar-refractivity contribution in [1.82, 2.24) is 15.5 Å². The zero-order valence-electron chi connectivity index (χ0n) is 24.7. The summed E-state index contributed by atoms with van der Waals surface area (Å²) in [5.41, 5.74) is 1.08. The average molecular weight is 546 g/mol. The van der Waals surface area contributed by atoms with Gasteiger partial charge in [0.05, 0.1) is 13.0 Å². The fourth-order valence-corrected chi connectivity index (χ4v) is 4.45. The number of carbonyl (C=O) groups is 4. The second kappa shape index (κ2) is 14.9. The molecule has 39 heavy (non-hydrogen) atoms. The number of benzene rings is 1. The molecule has 3 atom stereocenters. The van der Waals surface area contributed by atoms with Crippen molar-refractivity contribution in [2.75, 3.05) is 13.2 Å². The molecule has 0 heterocycles. The minimum absolute atomic E-state index is 0.0359. The maximum absolute atomic E-state index is 14.3. The van der Waals surface area contributed by atoms with E-state index >= 15 is 0 Å². The Hall–Kier alpha value is -3.10. The third-order valence-electron chi connectivity index (χ3n) is 7.04. The summed E-state index contributed by atoms with van der Waals surface area (Å²) in [5, 5.41) is 5.64. The van der Waals surface area contributed by atoms with E-state index in [2.05, 4.69) is 17.6 Å². The Balaban J connectivity index is 2.44. The van der Waals surface area contributed by atoms with Crippen LogP contribution in [0.4, 0.5) is 4.79 Å². The predicted octanol–water partition coefficient (Wildman–Crippen LogP) is 4.68. The molecule has 1 saturated carbocycles. The third-order valence-corrected chi connectivity index (χ3v) is 7.04. The first kappa shape index (κ1) is 32.1. The van der Waals surface area contributed by atoms with E-state index in [1.54, 1.807) is 32.6 Å². The van der Waals surface area contributed by atoms with Gasteiger partial charge in [0.25, 0.3) is 0 Å². The lowest BCUT2D eigenvalue weighted by atomic mass is 9.86. The van der Waals surface area contributed by atoms with Crippen molar-refractivity contribution in [1.29, 1.82) is 0 Å². The van der Waals surface area contributed by atoms with Crippen LogP contribution in [0, 0.1) is 5.92 Å². The third kappa shape index (κ3) is 9.55. The molecule has 0 aromatic heterocycles. The van der Waals surface area contributed by atoms with Crippen LogP contribution >= 0.6 is 0 Å². The lowest BCUT2D eigenvalue weighted by Crippen LogP contribution is -2.59. The van der Waals surface area contributed by atoms with Crippen LogP contribution < -0.4 is 10.6 Å². The molecule has 1 fully saturated rings. The van der Waals surface area contributed by atoms with Gasteiger partial charge in [-0.25, -0.2) is 4.79 Å². The second-order valence-corrected chi connectivity index (χ2v) is 11.2. The van der Waals surface area contributed by atoms with Crippen molar-refractivity contribution in [2.24, 2.45) is 5.92 Å². The Labute approximate surface area is 233 Å². The number of carbonyl (C=O) groups excluding carboxylic acids is 4. The van der Waals surface area contributed by atoms with Crippen LogP contribution in [0.1, 0.15) is 97.7 Å². The van der Waals surface area contributed by atoms with Gasteiger partial charge in [-0.2, -0.15) is 0 Å². The number of nitrogens with zero attached hydrogens (tertiary/aromatic N) is 1. The molecule has 2 rings (SSSR count). The maximum Gasteiger partial charge on any atom is 0.408 e. The van der Waals surface area contributed by atoms with Gasteiger partial charge in [0.15, 0.2) is 0 Å². The molecule has 0 spiro atoms. The van der Waals surface area contributed by atoms with Crippen LogP contribution in [0.3, 0.4) is 0 Å². The number of aryl methyl sites for hydroxylation is 1. The summed E-state index contributed by atoms with van der Waals surface area (Å²) < 4.78 is 10.4. The van der Waals surface area contributed by atoms with Gasteiger partial charge in [-0.3, -0.25) is 14.4 Å². The Morgan fingerprint density at radius 2 is 1.69 bits per heavy atom. The van der Waals surface area contributed by atoms with Gasteiger partial charge < -0.3 is 25.0 Å². The largest absolute Gasteiger partial charge is 0.466 e. The van der Waals surface area contributed by atoms with E-state index < -0.39 is 29.7 Å². The summed E-state index contributed by atoms with van der Waals surface area (Å²) in [6.45, 7) is 13.3. The SMILES string of the molecule is CCOC(=O)CCNC(=O)C(c1ccc(CC)cc1)N(C(=O)C(NC(=O)OC(C)(C)C)C(C)CC)C1CCC1. The Bertz CT molecular complexity index is 968. The van der Waals surface area contributed by atoms with Crippen molar-refractivity contribution in [2.45, 2.75) is 111 Å². The highest BCUT2D eigenvalue weighted by Gasteiger charge is 2.43. The molecule has 2 N–H and O–H groups in total. The summed E-state index contributed by atoms with van der Waals surface area (Å²) in [4.78, 5) is 54.3. The second-order valence-electron chi connectivity index (χ2n) is 11.2.